The molecular weight excluding hydrogens is 1350 g/mol. The molecule has 0 aromatic carbocycles. The third kappa shape index (κ3) is 75.9. The molecular formula is C85H148O17P2. The zero-order valence-corrected chi connectivity index (χ0v) is 67.5. The molecule has 0 spiro atoms. The van der Waals surface area contributed by atoms with Gasteiger partial charge in [-0.25, -0.2) is 9.13 Å². The van der Waals surface area contributed by atoms with Crippen LogP contribution in [-0.2, 0) is 65.4 Å². The lowest BCUT2D eigenvalue weighted by Crippen LogP contribution is -2.30. The summed E-state index contributed by atoms with van der Waals surface area (Å²) in [6.07, 6.45) is 83.6. The number of unbranched alkanes of at least 4 members (excludes halogenated alkanes) is 33. The molecule has 0 saturated carbocycles. The molecule has 0 aliphatic rings. The molecule has 0 bridgehead atoms. The summed E-state index contributed by atoms with van der Waals surface area (Å²) in [7, 11) is -9.98. The molecule has 0 fully saturated rings. The van der Waals surface area contributed by atoms with Crippen molar-refractivity contribution in [1.82, 2.24) is 0 Å². The van der Waals surface area contributed by atoms with Crippen molar-refractivity contribution in [2.45, 2.75) is 367 Å². The van der Waals surface area contributed by atoms with Gasteiger partial charge in [0, 0.05) is 25.7 Å². The zero-order valence-electron chi connectivity index (χ0n) is 65.7. The first-order valence-corrected chi connectivity index (χ1v) is 44.1. The van der Waals surface area contributed by atoms with E-state index in [4.69, 9.17) is 37.0 Å². The van der Waals surface area contributed by atoms with Crippen molar-refractivity contribution in [2.24, 2.45) is 0 Å². The van der Waals surface area contributed by atoms with Crippen LogP contribution in [0.25, 0.3) is 0 Å². The molecule has 600 valence electrons. The highest BCUT2D eigenvalue weighted by molar-refractivity contribution is 7.47. The number of rotatable bonds is 77. The van der Waals surface area contributed by atoms with E-state index in [9.17, 15) is 43.2 Å². The summed E-state index contributed by atoms with van der Waals surface area (Å²) in [5, 5.41) is 10.6. The first-order valence-electron chi connectivity index (χ1n) is 41.1. The number of hydrogen-bond donors (Lipinski definition) is 3. The molecule has 17 nitrogen and oxygen atoms in total. The van der Waals surface area contributed by atoms with Crippen molar-refractivity contribution in [3.05, 3.63) is 109 Å². The minimum Gasteiger partial charge on any atom is -0.462 e. The largest absolute Gasteiger partial charge is 0.472 e. The van der Waals surface area contributed by atoms with E-state index in [-0.39, 0.29) is 25.7 Å². The average Bonchev–Trinajstić information content (AvgIpc) is 0.918. The predicted molar refractivity (Wildman–Crippen MR) is 427 cm³/mol. The lowest BCUT2D eigenvalue weighted by Gasteiger charge is -2.21. The number of allylic oxidation sites excluding steroid dienone is 18. The summed E-state index contributed by atoms with van der Waals surface area (Å²) in [4.78, 5) is 73.0. The van der Waals surface area contributed by atoms with Gasteiger partial charge in [-0.05, 0) is 148 Å². The van der Waals surface area contributed by atoms with E-state index in [0.29, 0.717) is 32.1 Å². The maximum atomic E-state index is 13.1. The number of hydrogen-bond acceptors (Lipinski definition) is 15. The molecule has 0 aromatic rings. The minimum absolute atomic E-state index is 0.0359. The van der Waals surface area contributed by atoms with Crippen molar-refractivity contribution < 1.29 is 80.2 Å². The Morgan fingerprint density at radius 3 is 0.817 bits per heavy atom. The van der Waals surface area contributed by atoms with Gasteiger partial charge in [-0.1, -0.05) is 285 Å². The van der Waals surface area contributed by atoms with Crippen LogP contribution in [0.3, 0.4) is 0 Å². The first-order chi connectivity index (χ1) is 50.7. The van der Waals surface area contributed by atoms with Crippen LogP contribution in [-0.4, -0.2) is 96.7 Å². The summed E-state index contributed by atoms with van der Waals surface area (Å²) in [5.41, 5.74) is 0. The summed E-state index contributed by atoms with van der Waals surface area (Å²) in [6, 6.07) is 0. The molecule has 2 unspecified atom stereocenters. The zero-order chi connectivity index (χ0) is 76.0. The molecule has 0 rings (SSSR count). The highest BCUT2D eigenvalue weighted by Gasteiger charge is 2.30. The van der Waals surface area contributed by atoms with Gasteiger partial charge in [-0.2, -0.15) is 0 Å². The Morgan fingerprint density at radius 2 is 0.490 bits per heavy atom. The van der Waals surface area contributed by atoms with Gasteiger partial charge in [0.25, 0.3) is 0 Å². The normalized spacial score (nSPS) is 14.4. The number of carbonyl (C=O) groups excluding carboxylic acids is 4. The van der Waals surface area contributed by atoms with Crippen LogP contribution in [0.2, 0.25) is 0 Å². The van der Waals surface area contributed by atoms with Crippen LogP contribution in [0.5, 0.6) is 0 Å². The van der Waals surface area contributed by atoms with Crippen LogP contribution in [0.15, 0.2) is 109 Å². The molecule has 0 aliphatic heterocycles. The summed E-state index contributed by atoms with van der Waals surface area (Å²) >= 11 is 0. The van der Waals surface area contributed by atoms with E-state index < -0.39 is 97.5 Å². The third-order valence-corrected chi connectivity index (χ3v) is 19.1. The van der Waals surface area contributed by atoms with Crippen LogP contribution < -0.4 is 0 Å². The lowest BCUT2D eigenvalue weighted by molar-refractivity contribution is -0.161. The second-order valence-corrected chi connectivity index (χ2v) is 30.3. The molecule has 0 saturated heterocycles. The molecule has 0 heterocycles. The van der Waals surface area contributed by atoms with E-state index in [1.165, 1.54) is 103 Å². The molecule has 0 radical (unpaired) electrons. The minimum atomic E-state index is -5.00. The van der Waals surface area contributed by atoms with E-state index in [1.807, 2.05) is 12.2 Å². The molecule has 5 atom stereocenters. The summed E-state index contributed by atoms with van der Waals surface area (Å²) in [6.45, 7) is 4.73. The Balaban J connectivity index is 5.43. The number of carbonyl (C=O) groups is 4. The maximum Gasteiger partial charge on any atom is 0.472 e. The quantitative estimate of drug-likeness (QED) is 0.0169. The Kier molecular flexibility index (Phi) is 73.7. The second kappa shape index (κ2) is 76.9. The van der Waals surface area contributed by atoms with Crippen LogP contribution in [0.1, 0.15) is 349 Å². The fourth-order valence-corrected chi connectivity index (χ4v) is 12.4. The highest BCUT2D eigenvalue weighted by atomic mass is 31.2. The van der Waals surface area contributed by atoms with Crippen molar-refractivity contribution in [2.75, 3.05) is 39.6 Å². The average molecular weight is 1500 g/mol. The van der Waals surface area contributed by atoms with Gasteiger partial charge in [-0.3, -0.25) is 37.3 Å². The Labute approximate surface area is 632 Å². The fraction of sp³-hybridized carbons (Fsp3) is 0.741. The topological polar surface area (TPSA) is 237 Å². The predicted octanol–water partition coefficient (Wildman–Crippen LogP) is 24.1. The molecule has 104 heavy (non-hydrogen) atoms. The Morgan fingerprint density at radius 1 is 0.269 bits per heavy atom. The van der Waals surface area contributed by atoms with E-state index in [2.05, 4.69) is 125 Å². The number of ether oxygens (including phenoxy) is 4. The van der Waals surface area contributed by atoms with Gasteiger partial charge in [-0.15, -0.1) is 0 Å². The number of phosphoric ester groups is 2. The van der Waals surface area contributed by atoms with Gasteiger partial charge in [0.15, 0.2) is 12.2 Å². The van der Waals surface area contributed by atoms with Gasteiger partial charge in [0.05, 0.1) is 26.4 Å². The third-order valence-electron chi connectivity index (χ3n) is 17.2. The maximum absolute atomic E-state index is 13.1. The highest BCUT2D eigenvalue weighted by Crippen LogP contribution is 2.45. The smallest absolute Gasteiger partial charge is 0.462 e. The van der Waals surface area contributed by atoms with Crippen molar-refractivity contribution in [3.63, 3.8) is 0 Å². The van der Waals surface area contributed by atoms with Gasteiger partial charge in [0.2, 0.25) is 0 Å². The molecule has 3 N–H and O–H groups in total. The lowest BCUT2D eigenvalue weighted by atomic mass is 10.1. The molecule has 19 heteroatoms. The van der Waals surface area contributed by atoms with E-state index >= 15 is 0 Å². The van der Waals surface area contributed by atoms with Crippen molar-refractivity contribution >= 4 is 39.5 Å². The Bertz CT molecular complexity index is 2390. The van der Waals surface area contributed by atoms with E-state index in [1.54, 1.807) is 0 Å². The van der Waals surface area contributed by atoms with Crippen molar-refractivity contribution in [1.29, 1.82) is 0 Å². The van der Waals surface area contributed by atoms with E-state index in [0.717, 1.165) is 161 Å². The second-order valence-electron chi connectivity index (χ2n) is 27.3. The van der Waals surface area contributed by atoms with Crippen LogP contribution >= 0.6 is 15.6 Å². The number of phosphoric acid groups is 2. The van der Waals surface area contributed by atoms with Crippen LogP contribution in [0.4, 0.5) is 0 Å². The van der Waals surface area contributed by atoms with Crippen LogP contribution in [0, 0.1) is 0 Å². The van der Waals surface area contributed by atoms with Gasteiger partial charge in [0.1, 0.15) is 19.3 Å². The van der Waals surface area contributed by atoms with Crippen molar-refractivity contribution in [3.8, 4) is 0 Å². The first kappa shape index (κ1) is 99.7. The van der Waals surface area contributed by atoms with Gasteiger partial charge < -0.3 is 33.8 Å². The fourth-order valence-electron chi connectivity index (χ4n) is 10.9. The number of aliphatic hydroxyl groups excluding tert-OH is 1. The van der Waals surface area contributed by atoms with Gasteiger partial charge >= 0.3 is 39.5 Å². The SMILES string of the molecule is CCCCC/C=C\C/C=C\C/C=C\C/C=C\C/C=C\CCC(=O)OC[C@H](COP(=O)(O)OC[C@@H](O)COP(=O)(O)OC[C@@H](COC(=O)CCCCCCC/C=C\C/C=C\CCCCC)OC(=O)CCCCCCCCC/C=C\CCCCCC)OC(=O)CCCCCCC/C=C\CCCCCCCC. The summed E-state index contributed by atoms with van der Waals surface area (Å²) < 4.78 is 68.6. The molecule has 0 aromatic heterocycles. The monoisotopic (exact) mass is 1500 g/mol. The number of esters is 4. The standard InChI is InChI=1S/C85H148O17P2/c1-5-9-13-17-21-25-29-33-37-38-39-40-44-46-50-54-58-62-66-70-83(88)96-76-81(102-85(90)72-68-64-60-56-52-48-43-36-32-28-24-20-16-12-8-4)78-100-104(93,94)98-74-79(86)73-97-103(91,92)99-77-80(101-84(89)71-67-63-59-55-51-47-42-35-31-27-23-19-15-11-7-3)75-95-82(87)69-65-61-57-53-49-45-41-34-30-26-22-18-14-10-6-2/h21-22,25-27,31,33-34,36-37,39-41,43,46,50,58,62,79-81,86H,5-20,23-24,28-30,32,35,38,42,44-45,47-49,51-57,59-61,63-78H2,1-4H3,(H,91,92)(H,93,94)/b25-21-,26-22-,31-27-,37-33-,40-39-,41-34-,43-36-,50-46-,62-58-/t79-,80+,81+/m0/s1. The number of aliphatic hydroxyl groups is 1. The summed E-state index contributed by atoms with van der Waals surface area (Å²) in [5.74, 6) is -2.29. The Hall–Kier alpha value is -4.28. The molecule has 0 amide bonds. The molecule has 0 aliphatic carbocycles.